The van der Waals surface area contributed by atoms with Gasteiger partial charge in [-0.05, 0) is 19.5 Å². The van der Waals surface area contributed by atoms with Gasteiger partial charge < -0.3 is 4.74 Å². The average Bonchev–Trinajstić information content (AvgIpc) is 1.64. The van der Waals surface area contributed by atoms with Crippen molar-refractivity contribution in [3.05, 3.63) is 12.1 Å². The van der Waals surface area contributed by atoms with Crippen molar-refractivity contribution in [1.29, 1.82) is 0 Å². The van der Waals surface area contributed by atoms with E-state index in [0.29, 0.717) is 6.10 Å². The molecule has 0 spiro atoms. The molecule has 0 aromatic heterocycles. The highest BCUT2D eigenvalue weighted by atomic mass is 31.1. The Hall–Kier alpha value is -0.0300. The Labute approximate surface area is 51.9 Å². The van der Waals surface area contributed by atoms with Crippen molar-refractivity contribution in [2.45, 2.75) is 19.4 Å². The molecule has 1 nitrogen and oxygen atoms in total. The van der Waals surface area contributed by atoms with Crippen LogP contribution in [0.2, 0.25) is 0 Å². The van der Waals surface area contributed by atoms with Crippen LogP contribution in [-0.2, 0) is 4.74 Å². The molecule has 46 valence electrons. The molecule has 0 N–H and O–H groups in total. The molecular formula is C6H11OP. The second-order valence-electron chi connectivity index (χ2n) is 2.07. The van der Waals surface area contributed by atoms with Gasteiger partial charge in [0.15, 0.2) is 0 Å². The minimum atomic E-state index is 0.420. The first-order chi connectivity index (χ1) is 3.79. The molecule has 1 aliphatic heterocycles. The third-order valence-corrected chi connectivity index (χ3v) is 2.27. The summed E-state index contributed by atoms with van der Waals surface area (Å²) in [5, 5.41) is 0. The summed E-state index contributed by atoms with van der Waals surface area (Å²) in [6, 6.07) is 0. The molecular weight excluding hydrogens is 119 g/mol. The van der Waals surface area contributed by atoms with Gasteiger partial charge in [0.25, 0.3) is 0 Å². The number of rotatable bonds is 0. The fourth-order valence-corrected chi connectivity index (χ4v) is 1.87. The van der Waals surface area contributed by atoms with Gasteiger partial charge in [-0.2, -0.15) is 0 Å². The van der Waals surface area contributed by atoms with Crippen molar-refractivity contribution in [2.24, 2.45) is 0 Å². The highest BCUT2D eigenvalue weighted by Crippen LogP contribution is 2.30. The first kappa shape index (κ1) is 6.10. The predicted molar refractivity (Wildman–Crippen MR) is 37.5 cm³/mol. The first-order valence-electron chi connectivity index (χ1n) is 2.88. The van der Waals surface area contributed by atoms with Crippen molar-refractivity contribution in [3.8, 4) is 0 Å². The lowest BCUT2D eigenvalue weighted by atomic mass is 10.3. The molecule has 2 atom stereocenters. The molecule has 0 bridgehead atoms. The topological polar surface area (TPSA) is 9.23 Å². The summed E-state index contributed by atoms with van der Waals surface area (Å²) in [4.78, 5) is 0. The van der Waals surface area contributed by atoms with Crippen LogP contribution in [0.1, 0.15) is 13.3 Å². The Kier molecular flexibility index (Phi) is 1.90. The van der Waals surface area contributed by atoms with E-state index >= 15 is 0 Å². The van der Waals surface area contributed by atoms with Crippen LogP contribution in [0.25, 0.3) is 0 Å². The van der Waals surface area contributed by atoms with E-state index in [0.717, 1.165) is 14.1 Å². The molecule has 1 rings (SSSR count). The highest BCUT2D eigenvalue weighted by Gasteiger charge is 2.10. The lowest BCUT2D eigenvalue weighted by Gasteiger charge is -2.21. The zero-order valence-corrected chi connectivity index (χ0v) is 6.11. The molecule has 2 heteroatoms. The summed E-state index contributed by atoms with van der Waals surface area (Å²) in [5.41, 5.74) is 0.990. The molecule has 1 saturated heterocycles. The minimum absolute atomic E-state index is 0.420. The van der Waals surface area contributed by atoms with Crippen molar-refractivity contribution in [1.82, 2.24) is 0 Å². The van der Waals surface area contributed by atoms with E-state index in [1.807, 2.05) is 0 Å². The van der Waals surface area contributed by atoms with E-state index in [2.05, 4.69) is 13.5 Å². The fourth-order valence-electron chi connectivity index (χ4n) is 0.758. The SMILES string of the molecule is C=C1O[C@@H](C)CCP1. The standard InChI is InChI=1S/C6H11OP/c1-5-3-4-8-6(2)7-5/h5,8H,2-4H2,1H3/t5-/m0/s1. The van der Waals surface area contributed by atoms with Crippen LogP contribution < -0.4 is 0 Å². The smallest absolute Gasteiger partial charge is 0.108 e. The van der Waals surface area contributed by atoms with Crippen LogP contribution in [0.5, 0.6) is 0 Å². The second-order valence-corrected chi connectivity index (χ2v) is 3.48. The quantitative estimate of drug-likeness (QED) is 0.455. The molecule has 8 heavy (non-hydrogen) atoms. The van der Waals surface area contributed by atoms with Crippen molar-refractivity contribution in [2.75, 3.05) is 6.16 Å². The Balaban J connectivity index is 2.34. The lowest BCUT2D eigenvalue weighted by molar-refractivity contribution is 0.143. The minimum Gasteiger partial charge on any atom is -0.491 e. The largest absolute Gasteiger partial charge is 0.491 e. The van der Waals surface area contributed by atoms with Gasteiger partial charge in [0.2, 0.25) is 0 Å². The summed E-state index contributed by atoms with van der Waals surface area (Å²) in [6.07, 6.45) is 2.90. The number of hydrogen-bond acceptors (Lipinski definition) is 1. The van der Waals surface area contributed by atoms with Gasteiger partial charge >= 0.3 is 0 Å². The third kappa shape index (κ3) is 1.48. The highest BCUT2D eigenvalue weighted by molar-refractivity contribution is 7.42. The molecule has 0 aromatic rings. The summed E-state index contributed by atoms with van der Waals surface area (Å²) in [7, 11) is 0.845. The molecule has 1 aliphatic rings. The van der Waals surface area contributed by atoms with Crippen LogP contribution >= 0.6 is 8.58 Å². The fraction of sp³-hybridized carbons (Fsp3) is 0.667. The van der Waals surface area contributed by atoms with Gasteiger partial charge in [-0.1, -0.05) is 15.2 Å². The maximum Gasteiger partial charge on any atom is 0.108 e. The first-order valence-corrected chi connectivity index (χ1v) is 4.09. The predicted octanol–water partition coefficient (Wildman–Crippen LogP) is 1.94. The van der Waals surface area contributed by atoms with E-state index in [9.17, 15) is 0 Å². The average molecular weight is 130 g/mol. The zero-order valence-electron chi connectivity index (χ0n) is 5.11. The molecule has 0 aliphatic carbocycles. The Morgan fingerprint density at radius 2 is 2.62 bits per heavy atom. The molecule has 0 radical (unpaired) electrons. The van der Waals surface area contributed by atoms with E-state index in [1.165, 1.54) is 12.6 Å². The molecule has 1 unspecified atom stereocenters. The summed E-state index contributed by atoms with van der Waals surface area (Å²) in [5.74, 6) is 0. The molecule has 0 aromatic carbocycles. The summed E-state index contributed by atoms with van der Waals surface area (Å²) in [6.45, 7) is 5.85. The zero-order chi connectivity index (χ0) is 5.98. The Bertz CT molecular complexity index is 101. The van der Waals surface area contributed by atoms with Gasteiger partial charge in [-0.15, -0.1) is 0 Å². The molecule has 0 saturated carbocycles. The summed E-state index contributed by atoms with van der Waals surface area (Å²) < 4.78 is 5.30. The van der Waals surface area contributed by atoms with E-state index in [1.54, 1.807) is 0 Å². The Morgan fingerprint density at radius 1 is 1.88 bits per heavy atom. The van der Waals surface area contributed by atoms with Gasteiger partial charge in [0.1, 0.15) is 5.50 Å². The van der Waals surface area contributed by atoms with Crippen molar-refractivity contribution in [3.63, 3.8) is 0 Å². The van der Waals surface area contributed by atoms with E-state index in [-0.39, 0.29) is 0 Å². The van der Waals surface area contributed by atoms with Crippen LogP contribution in [0.4, 0.5) is 0 Å². The molecule has 0 amide bonds. The van der Waals surface area contributed by atoms with E-state index in [4.69, 9.17) is 4.74 Å². The van der Waals surface area contributed by atoms with E-state index < -0.39 is 0 Å². The van der Waals surface area contributed by atoms with Gasteiger partial charge in [-0.25, -0.2) is 0 Å². The van der Waals surface area contributed by atoms with Crippen molar-refractivity contribution >= 4 is 8.58 Å². The van der Waals surface area contributed by atoms with Gasteiger partial charge in [-0.3, -0.25) is 0 Å². The number of ether oxygens (including phenoxy) is 1. The normalized spacial score (nSPS) is 32.6. The summed E-state index contributed by atoms with van der Waals surface area (Å²) >= 11 is 0. The van der Waals surface area contributed by atoms with Crippen molar-refractivity contribution < 1.29 is 4.74 Å². The van der Waals surface area contributed by atoms with Crippen LogP contribution in [0, 0.1) is 0 Å². The Morgan fingerprint density at radius 3 is 3.00 bits per heavy atom. The maximum absolute atomic E-state index is 5.30. The molecule has 1 heterocycles. The monoisotopic (exact) mass is 130 g/mol. The molecule has 1 fully saturated rings. The second kappa shape index (κ2) is 2.50. The number of hydrogen-bond donors (Lipinski definition) is 0. The maximum atomic E-state index is 5.30. The van der Waals surface area contributed by atoms with Crippen LogP contribution in [0.15, 0.2) is 12.1 Å². The van der Waals surface area contributed by atoms with Gasteiger partial charge in [0.05, 0.1) is 6.10 Å². The lowest BCUT2D eigenvalue weighted by Crippen LogP contribution is -2.11. The van der Waals surface area contributed by atoms with Gasteiger partial charge in [0, 0.05) is 0 Å². The third-order valence-electron chi connectivity index (χ3n) is 1.22. The van der Waals surface area contributed by atoms with Crippen LogP contribution in [0.3, 0.4) is 0 Å². The van der Waals surface area contributed by atoms with Crippen LogP contribution in [-0.4, -0.2) is 12.3 Å².